The predicted molar refractivity (Wildman–Crippen MR) is 204 cm³/mol. The van der Waals surface area contributed by atoms with Crippen LogP contribution in [-0.4, -0.2) is 70.7 Å². The standard InChI is InChI=1S/C40H80NO7P/c1-6-8-10-12-14-16-18-20-22-24-26-28-30-32-35-45-37-39(38-47-49(43,44)46-36-34-41(3,4)5)48-40(42)33-31-29-27-25-23-21-19-17-15-13-11-9-7-2/h17,19,39H,6-16,18,20-38H2,1-5H3/b19-17-. The highest BCUT2D eigenvalue weighted by atomic mass is 31.2. The highest BCUT2D eigenvalue weighted by Gasteiger charge is 2.20. The summed E-state index contributed by atoms with van der Waals surface area (Å²) in [6.07, 6.45) is 35.0. The van der Waals surface area contributed by atoms with E-state index in [0.29, 0.717) is 24.1 Å². The molecule has 0 aromatic carbocycles. The summed E-state index contributed by atoms with van der Waals surface area (Å²) in [5.41, 5.74) is 0. The molecule has 0 rings (SSSR count). The molecule has 8 nitrogen and oxygen atoms in total. The SMILES string of the molecule is CCCCCC/C=C\CCCCCCCC(=O)OC(COCCCCCCCCCCCCCCCC)COP(=O)([O-])OCC[N+](C)(C)C. The number of phosphoric acid groups is 1. The van der Waals surface area contributed by atoms with Crippen molar-refractivity contribution in [2.24, 2.45) is 0 Å². The fourth-order valence-electron chi connectivity index (χ4n) is 5.60. The number of unbranched alkanes of at least 4 members (excludes halogenated alkanes) is 22. The van der Waals surface area contributed by atoms with Crippen molar-refractivity contribution in [1.29, 1.82) is 0 Å². The minimum Gasteiger partial charge on any atom is -0.756 e. The van der Waals surface area contributed by atoms with E-state index < -0.39 is 13.9 Å². The molecule has 0 aromatic heterocycles. The van der Waals surface area contributed by atoms with E-state index in [9.17, 15) is 14.3 Å². The van der Waals surface area contributed by atoms with Crippen molar-refractivity contribution in [2.75, 3.05) is 54.1 Å². The number of nitrogens with zero attached hydrogens (tertiary/aromatic N) is 1. The van der Waals surface area contributed by atoms with Crippen molar-refractivity contribution in [3.8, 4) is 0 Å². The molecule has 292 valence electrons. The summed E-state index contributed by atoms with van der Waals surface area (Å²) in [6.45, 7) is 5.41. The molecule has 0 N–H and O–H groups in total. The van der Waals surface area contributed by atoms with Crippen LogP contribution in [-0.2, 0) is 27.9 Å². The Morgan fingerprint density at radius 1 is 0.612 bits per heavy atom. The smallest absolute Gasteiger partial charge is 0.306 e. The second-order valence-electron chi connectivity index (χ2n) is 15.0. The van der Waals surface area contributed by atoms with Crippen LogP contribution in [0.2, 0.25) is 0 Å². The molecule has 0 amide bonds. The highest BCUT2D eigenvalue weighted by molar-refractivity contribution is 7.45. The van der Waals surface area contributed by atoms with E-state index in [1.54, 1.807) is 0 Å². The number of hydrogen-bond acceptors (Lipinski definition) is 7. The van der Waals surface area contributed by atoms with Gasteiger partial charge in [-0.3, -0.25) is 9.36 Å². The molecule has 0 aliphatic heterocycles. The summed E-state index contributed by atoms with van der Waals surface area (Å²) < 4.78 is 34.5. The van der Waals surface area contributed by atoms with Crippen LogP contribution < -0.4 is 4.89 Å². The molecule has 0 fully saturated rings. The first-order valence-electron chi connectivity index (χ1n) is 20.4. The number of allylic oxidation sites excluding steroid dienone is 2. The van der Waals surface area contributed by atoms with Crippen LogP contribution >= 0.6 is 7.82 Å². The quantitative estimate of drug-likeness (QED) is 0.0206. The van der Waals surface area contributed by atoms with Crippen molar-refractivity contribution in [3.05, 3.63) is 12.2 Å². The molecule has 0 saturated carbocycles. The molecule has 0 aliphatic rings. The summed E-state index contributed by atoms with van der Waals surface area (Å²) >= 11 is 0. The maximum absolute atomic E-state index is 12.6. The maximum atomic E-state index is 12.6. The molecule has 2 unspecified atom stereocenters. The number of likely N-dealkylation sites (N-methyl/N-ethyl adjacent to an activating group) is 1. The Morgan fingerprint density at radius 2 is 1.06 bits per heavy atom. The lowest BCUT2D eigenvalue weighted by atomic mass is 10.0. The summed E-state index contributed by atoms with van der Waals surface area (Å²) in [6, 6.07) is 0. The molecule has 0 aromatic rings. The molecule has 0 bridgehead atoms. The Labute approximate surface area is 303 Å². The zero-order chi connectivity index (χ0) is 36.3. The molecule has 2 atom stereocenters. The summed E-state index contributed by atoms with van der Waals surface area (Å²) in [4.78, 5) is 24.9. The van der Waals surface area contributed by atoms with Crippen molar-refractivity contribution < 1.29 is 37.3 Å². The number of ether oxygens (including phenoxy) is 2. The van der Waals surface area contributed by atoms with E-state index in [4.69, 9.17) is 18.5 Å². The molecule has 0 heterocycles. The van der Waals surface area contributed by atoms with Crippen LogP contribution in [0.4, 0.5) is 0 Å². The molecule has 0 saturated heterocycles. The summed E-state index contributed by atoms with van der Waals surface area (Å²) in [5.74, 6) is -0.341. The summed E-state index contributed by atoms with van der Waals surface area (Å²) in [5, 5.41) is 0. The predicted octanol–water partition coefficient (Wildman–Crippen LogP) is 10.9. The van der Waals surface area contributed by atoms with Gasteiger partial charge < -0.3 is 27.9 Å². The second-order valence-corrected chi connectivity index (χ2v) is 16.4. The van der Waals surface area contributed by atoms with Gasteiger partial charge in [0.2, 0.25) is 0 Å². The highest BCUT2D eigenvalue weighted by Crippen LogP contribution is 2.38. The average molecular weight is 718 g/mol. The van der Waals surface area contributed by atoms with Gasteiger partial charge in [-0.25, -0.2) is 0 Å². The number of quaternary nitrogens is 1. The Bertz CT molecular complexity index is 802. The fourth-order valence-corrected chi connectivity index (χ4v) is 6.33. The average Bonchev–Trinajstić information content (AvgIpc) is 3.04. The van der Waals surface area contributed by atoms with Crippen molar-refractivity contribution in [1.82, 2.24) is 0 Å². The van der Waals surface area contributed by atoms with Gasteiger partial charge in [-0.2, -0.15) is 0 Å². The van der Waals surface area contributed by atoms with E-state index in [-0.39, 0.29) is 25.8 Å². The van der Waals surface area contributed by atoms with E-state index in [1.165, 1.54) is 116 Å². The van der Waals surface area contributed by atoms with E-state index in [1.807, 2.05) is 21.1 Å². The number of carbonyl (C=O) groups excluding carboxylic acids is 1. The van der Waals surface area contributed by atoms with Crippen LogP contribution in [0.1, 0.15) is 181 Å². The zero-order valence-electron chi connectivity index (χ0n) is 32.9. The number of rotatable bonds is 38. The van der Waals surface area contributed by atoms with Crippen molar-refractivity contribution in [2.45, 2.75) is 187 Å². The Kier molecular flexibility index (Phi) is 33.8. The third kappa shape index (κ3) is 38.3. The first-order valence-corrected chi connectivity index (χ1v) is 21.9. The van der Waals surface area contributed by atoms with Gasteiger partial charge in [0.25, 0.3) is 7.82 Å². The van der Waals surface area contributed by atoms with Gasteiger partial charge in [0.05, 0.1) is 34.4 Å². The molecule has 0 aliphatic carbocycles. The van der Waals surface area contributed by atoms with Gasteiger partial charge in [0.15, 0.2) is 0 Å². The number of carbonyl (C=O) groups is 1. The molecule has 9 heteroatoms. The van der Waals surface area contributed by atoms with Crippen molar-refractivity contribution in [3.63, 3.8) is 0 Å². The Balaban J connectivity index is 4.26. The van der Waals surface area contributed by atoms with Gasteiger partial charge in [0.1, 0.15) is 19.3 Å². The topological polar surface area (TPSA) is 94.1 Å². The monoisotopic (exact) mass is 718 g/mol. The van der Waals surface area contributed by atoms with Crippen molar-refractivity contribution >= 4 is 13.8 Å². The molecular weight excluding hydrogens is 637 g/mol. The van der Waals surface area contributed by atoms with Crippen LogP contribution in [0.25, 0.3) is 0 Å². The van der Waals surface area contributed by atoms with Gasteiger partial charge in [-0.1, -0.05) is 148 Å². The molecule has 0 radical (unpaired) electrons. The van der Waals surface area contributed by atoms with Gasteiger partial charge in [-0.15, -0.1) is 0 Å². The van der Waals surface area contributed by atoms with Gasteiger partial charge >= 0.3 is 5.97 Å². The molecule has 0 spiro atoms. The largest absolute Gasteiger partial charge is 0.756 e. The lowest BCUT2D eigenvalue weighted by Gasteiger charge is -2.28. The zero-order valence-corrected chi connectivity index (χ0v) is 33.8. The Hall–Kier alpha value is -0.760. The van der Waals surface area contributed by atoms with Crippen LogP contribution in [0.5, 0.6) is 0 Å². The second kappa shape index (κ2) is 34.3. The minimum absolute atomic E-state index is 0.0275. The maximum Gasteiger partial charge on any atom is 0.306 e. The lowest BCUT2D eigenvalue weighted by molar-refractivity contribution is -0.870. The molecule has 49 heavy (non-hydrogen) atoms. The Morgan fingerprint density at radius 3 is 1.57 bits per heavy atom. The number of hydrogen-bond donors (Lipinski definition) is 0. The third-order valence-electron chi connectivity index (χ3n) is 8.82. The minimum atomic E-state index is -4.51. The van der Waals surface area contributed by atoms with E-state index >= 15 is 0 Å². The van der Waals surface area contributed by atoms with Gasteiger partial charge in [-0.05, 0) is 38.5 Å². The lowest BCUT2D eigenvalue weighted by Crippen LogP contribution is -2.37. The van der Waals surface area contributed by atoms with Crippen LogP contribution in [0.3, 0.4) is 0 Å². The molecular formula is C40H80NO7P. The van der Waals surface area contributed by atoms with Crippen LogP contribution in [0.15, 0.2) is 12.2 Å². The number of esters is 1. The first kappa shape index (κ1) is 48.2. The number of phosphoric ester groups is 1. The van der Waals surface area contributed by atoms with E-state index in [2.05, 4.69) is 26.0 Å². The summed E-state index contributed by atoms with van der Waals surface area (Å²) in [7, 11) is 1.36. The van der Waals surface area contributed by atoms with Gasteiger partial charge in [0, 0.05) is 13.0 Å². The third-order valence-corrected chi connectivity index (χ3v) is 9.78. The normalized spacial score (nSPS) is 14.0. The first-order chi connectivity index (χ1) is 23.6. The van der Waals surface area contributed by atoms with E-state index in [0.717, 1.165) is 44.9 Å². The fraction of sp³-hybridized carbons (Fsp3) is 0.925. The van der Waals surface area contributed by atoms with Crippen LogP contribution in [0, 0.1) is 0 Å².